The largest absolute Gasteiger partial charge is 0.293 e. The Hall–Kier alpha value is -5.01. The fraction of sp³-hybridized carbons (Fsp3) is 0.333. The summed E-state index contributed by atoms with van der Waals surface area (Å²) in [6.07, 6.45) is 7.42. The lowest BCUT2D eigenvalue weighted by Crippen LogP contribution is -2.10. The molecule has 0 saturated carbocycles. The Bertz CT molecular complexity index is 2410. The zero-order valence-corrected chi connectivity index (χ0v) is 35.1. The first-order chi connectivity index (χ1) is 25.8. The molecule has 0 aliphatic heterocycles. The molecule has 4 aromatic carbocycles. The van der Waals surface area contributed by atoms with E-state index in [-0.39, 0.29) is 21.7 Å². The molecule has 0 aliphatic rings. The first kappa shape index (κ1) is 36.9. The van der Waals surface area contributed by atoms with Crippen LogP contribution in [-0.4, -0.2) is 29.1 Å². The molecule has 0 bridgehead atoms. The van der Waals surface area contributed by atoms with Gasteiger partial charge in [-0.1, -0.05) is 107 Å². The highest BCUT2D eigenvalue weighted by atomic mass is 32.2. The van der Waals surface area contributed by atoms with Gasteiger partial charge in [0.25, 0.3) is 0 Å². The molecule has 7 heteroatoms. The number of nitrogens with zero attached hydrogens (tertiary/aromatic N) is 6. The van der Waals surface area contributed by atoms with Crippen LogP contribution in [0.2, 0.25) is 0 Å². The molecule has 0 atom stereocenters. The molecule has 8 rings (SSSR count). The standard InChI is InChI=1S/C48H52N6S/c1-45(2,3)29-13-17-37-33(21-29)34-22-30(46(4,5)6)14-18-38(34)53(37)41-25-51-43(27-49-41)55-44-28-50-42(26-52-44)54-39-19-15-31(47(7,8)9)23-35(39)36-24-32(48(10,11)12)16-20-40(36)54/h13-28H,1-12H3. The van der Waals surface area contributed by atoms with E-state index in [9.17, 15) is 0 Å². The fourth-order valence-electron chi connectivity index (χ4n) is 7.47. The topological polar surface area (TPSA) is 61.4 Å². The lowest BCUT2D eigenvalue weighted by atomic mass is 9.85. The Balaban J connectivity index is 1.13. The van der Waals surface area contributed by atoms with Crippen molar-refractivity contribution in [3.8, 4) is 11.6 Å². The lowest BCUT2D eigenvalue weighted by Gasteiger charge is -2.19. The van der Waals surface area contributed by atoms with Crippen LogP contribution >= 0.6 is 11.8 Å². The lowest BCUT2D eigenvalue weighted by molar-refractivity contribution is 0.590. The van der Waals surface area contributed by atoms with Crippen LogP contribution < -0.4 is 0 Å². The molecule has 0 N–H and O–H groups in total. The van der Waals surface area contributed by atoms with Gasteiger partial charge < -0.3 is 0 Å². The Labute approximate surface area is 329 Å². The van der Waals surface area contributed by atoms with Gasteiger partial charge in [-0.15, -0.1) is 0 Å². The number of rotatable bonds is 4. The predicted octanol–water partition coefficient (Wildman–Crippen LogP) is 12.8. The van der Waals surface area contributed by atoms with E-state index in [0.29, 0.717) is 0 Å². The van der Waals surface area contributed by atoms with Gasteiger partial charge in [0, 0.05) is 21.5 Å². The number of fused-ring (bicyclic) bond motifs is 6. The van der Waals surface area contributed by atoms with E-state index < -0.39 is 0 Å². The van der Waals surface area contributed by atoms with Gasteiger partial charge in [-0.3, -0.25) is 9.13 Å². The van der Waals surface area contributed by atoms with Crippen molar-refractivity contribution in [3.63, 3.8) is 0 Å². The van der Waals surface area contributed by atoms with Crippen molar-refractivity contribution in [2.75, 3.05) is 0 Å². The van der Waals surface area contributed by atoms with Crippen LogP contribution in [0.1, 0.15) is 105 Å². The quantitative estimate of drug-likeness (QED) is 0.180. The minimum Gasteiger partial charge on any atom is -0.293 e. The molecule has 4 heterocycles. The summed E-state index contributed by atoms with van der Waals surface area (Å²) in [6.45, 7) is 27.2. The molecule has 8 aromatic rings. The average Bonchev–Trinajstić information content (AvgIpc) is 3.62. The third-order valence-electron chi connectivity index (χ3n) is 10.9. The third-order valence-corrected chi connectivity index (χ3v) is 11.7. The van der Waals surface area contributed by atoms with Crippen LogP contribution in [0.15, 0.2) is 108 Å². The number of benzene rings is 4. The Morgan fingerprint density at radius 1 is 0.364 bits per heavy atom. The van der Waals surface area contributed by atoms with Gasteiger partial charge >= 0.3 is 0 Å². The van der Waals surface area contributed by atoms with E-state index in [1.165, 1.54) is 55.6 Å². The summed E-state index contributed by atoms with van der Waals surface area (Å²) in [7, 11) is 0. The summed E-state index contributed by atoms with van der Waals surface area (Å²) in [5.41, 5.74) is 9.91. The van der Waals surface area contributed by atoms with E-state index >= 15 is 0 Å². The van der Waals surface area contributed by atoms with E-state index in [1.807, 2.05) is 24.8 Å². The second-order valence-corrected chi connectivity index (χ2v) is 20.2. The maximum absolute atomic E-state index is 4.96. The van der Waals surface area contributed by atoms with Gasteiger partial charge in [-0.05, 0) is 104 Å². The molecule has 4 aromatic heterocycles. The van der Waals surface area contributed by atoms with Crippen LogP contribution in [-0.2, 0) is 21.7 Å². The molecule has 0 amide bonds. The zero-order chi connectivity index (χ0) is 39.2. The number of hydrogen-bond donors (Lipinski definition) is 0. The van der Waals surface area contributed by atoms with Gasteiger partial charge in [-0.2, -0.15) is 0 Å². The van der Waals surface area contributed by atoms with Crippen LogP contribution in [0.3, 0.4) is 0 Å². The first-order valence-corrected chi connectivity index (χ1v) is 20.1. The first-order valence-electron chi connectivity index (χ1n) is 19.3. The van der Waals surface area contributed by atoms with Crippen molar-refractivity contribution in [3.05, 3.63) is 120 Å². The van der Waals surface area contributed by atoms with E-state index in [1.54, 1.807) is 0 Å². The molecule has 0 radical (unpaired) electrons. The smallest absolute Gasteiger partial charge is 0.156 e. The van der Waals surface area contributed by atoms with Crippen LogP contribution in [0.25, 0.3) is 55.2 Å². The zero-order valence-electron chi connectivity index (χ0n) is 34.3. The highest BCUT2D eigenvalue weighted by Gasteiger charge is 2.23. The molecule has 280 valence electrons. The maximum Gasteiger partial charge on any atom is 0.156 e. The van der Waals surface area contributed by atoms with Crippen LogP contribution in [0.5, 0.6) is 0 Å². The average molecular weight is 745 g/mol. The Morgan fingerprint density at radius 3 is 0.855 bits per heavy atom. The van der Waals surface area contributed by atoms with E-state index in [0.717, 1.165) is 43.8 Å². The van der Waals surface area contributed by atoms with Crippen molar-refractivity contribution in [1.29, 1.82) is 0 Å². The minimum atomic E-state index is 0.0415. The highest BCUT2D eigenvalue weighted by molar-refractivity contribution is 7.99. The monoisotopic (exact) mass is 744 g/mol. The molecule has 0 aliphatic carbocycles. The van der Waals surface area contributed by atoms with Crippen molar-refractivity contribution in [2.24, 2.45) is 0 Å². The van der Waals surface area contributed by atoms with Crippen molar-refractivity contribution in [2.45, 2.75) is 115 Å². The molecule has 0 unspecified atom stereocenters. The number of hydrogen-bond acceptors (Lipinski definition) is 5. The highest BCUT2D eigenvalue weighted by Crippen LogP contribution is 2.39. The van der Waals surface area contributed by atoms with Gasteiger partial charge in [0.2, 0.25) is 0 Å². The molecule has 55 heavy (non-hydrogen) atoms. The van der Waals surface area contributed by atoms with Gasteiger partial charge in [-0.25, -0.2) is 19.9 Å². The molecular weight excluding hydrogens is 693 g/mol. The number of aromatic nitrogens is 6. The van der Waals surface area contributed by atoms with Gasteiger partial charge in [0.15, 0.2) is 11.6 Å². The van der Waals surface area contributed by atoms with Crippen molar-refractivity contribution < 1.29 is 0 Å². The normalized spacial score (nSPS) is 13.2. The minimum absolute atomic E-state index is 0.0415. The molecular formula is C48H52N6S. The van der Waals surface area contributed by atoms with Crippen molar-refractivity contribution in [1.82, 2.24) is 29.1 Å². The summed E-state index contributed by atoms with van der Waals surface area (Å²) in [5, 5.41) is 6.46. The summed E-state index contributed by atoms with van der Waals surface area (Å²) < 4.78 is 4.47. The SMILES string of the molecule is CC(C)(C)c1ccc2c(c1)c1cc(C(C)(C)C)ccc1n2-c1cnc(Sc2cnc(-n3c4ccc(C(C)(C)C)cc4c4cc(C(C)(C)C)ccc43)cn2)cn1. The Kier molecular flexibility index (Phi) is 8.58. The predicted molar refractivity (Wildman–Crippen MR) is 232 cm³/mol. The maximum atomic E-state index is 4.96. The van der Waals surface area contributed by atoms with Crippen LogP contribution in [0, 0.1) is 0 Å². The van der Waals surface area contributed by atoms with E-state index in [2.05, 4.69) is 165 Å². The molecule has 0 spiro atoms. The van der Waals surface area contributed by atoms with Crippen molar-refractivity contribution >= 4 is 55.4 Å². The summed E-state index contributed by atoms with van der Waals surface area (Å²) >= 11 is 1.47. The fourth-order valence-corrected chi connectivity index (χ4v) is 8.10. The molecule has 0 fully saturated rings. The summed E-state index contributed by atoms with van der Waals surface area (Å²) in [6, 6.07) is 27.3. The third kappa shape index (κ3) is 6.71. The second-order valence-electron chi connectivity index (χ2n) is 19.1. The summed E-state index contributed by atoms with van der Waals surface area (Å²) in [5.74, 6) is 1.57. The molecule has 6 nitrogen and oxygen atoms in total. The van der Waals surface area contributed by atoms with Gasteiger partial charge in [0.1, 0.15) is 10.1 Å². The summed E-state index contributed by atoms with van der Waals surface area (Å²) in [4.78, 5) is 19.7. The van der Waals surface area contributed by atoms with E-state index in [4.69, 9.17) is 19.9 Å². The molecule has 0 saturated heterocycles. The Morgan fingerprint density at radius 2 is 0.636 bits per heavy atom. The second kappa shape index (κ2) is 12.8. The van der Waals surface area contributed by atoms with Gasteiger partial charge in [0.05, 0.1) is 46.9 Å². The van der Waals surface area contributed by atoms with Crippen LogP contribution in [0.4, 0.5) is 0 Å².